The first kappa shape index (κ1) is 8.39. The van der Waals surface area contributed by atoms with Gasteiger partial charge in [0.15, 0.2) is 16.1 Å². The van der Waals surface area contributed by atoms with Crippen LogP contribution in [0, 0.1) is 0 Å². The molecule has 0 fully saturated rings. The molecule has 60 valence electrons. The molecule has 0 atom stereocenters. The molecule has 0 unspecified atom stereocenters. The van der Waals surface area contributed by atoms with Crippen molar-refractivity contribution in [2.24, 2.45) is 7.05 Å². The maximum atomic E-state index is 11.1. The Kier molecular flexibility index (Phi) is 2.38. The minimum atomic E-state index is 0.00461. The molecule has 0 aliphatic rings. The van der Waals surface area contributed by atoms with Gasteiger partial charge in [-0.15, -0.1) is 10.2 Å². The highest BCUT2D eigenvalue weighted by Crippen LogP contribution is 2.11. The van der Waals surface area contributed by atoms with E-state index in [1.807, 2.05) is 0 Å². The molecule has 0 N–H and O–H groups in total. The minimum Gasteiger partial charge on any atom is -0.292 e. The Labute approximate surface area is 72.7 Å². The smallest absolute Gasteiger partial charge is 0.185 e. The van der Waals surface area contributed by atoms with Crippen molar-refractivity contribution < 1.29 is 4.79 Å². The molecule has 0 aliphatic carbocycles. The fourth-order valence-corrected chi connectivity index (χ4v) is 1.25. The summed E-state index contributed by atoms with van der Waals surface area (Å²) in [5, 5.41) is 7.77. The predicted molar refractivity (Wildman–Crippen MR) is 43.3 cm³/mol. The zero-order valence-electron chi connectivity index (χ0n) is 6.33. The molecule has 0 radical (unpaired) electrons. The molecule has 11 heavy (non-hydrogen) atoms. The van der Waals surface area contributed by atoms with E-state index in [0.29, 0.717) is 16.7 Å². The molecule has 0 aliphatic heterocycles. The van der Waals surface area contributed by atoms with Crippen LogP contribution >= 0.6 is 15.9 Å². The van der Waals surface area contributed by atoms with E-state index in [1.165, 1.54) is 4.80 Å². The van der Waals surface area contributed by atoms with Crippen LogP contribution in [0.5, 0.6) is 0 Å². The lowest BCUT2D eigenvalue weighted by Crippen LogP contribution is -1.99. The zero-order valence-corrected chi connectivity index (χ0v) is 7.92. The number of hydrogen-bond donors (Lipinski definition) is 0. The van der Waals surface area contributed by atoms with Crippen molar-refractivity contribution in [2.75, 3.05) is 0 Å². The molecule has 0 spiro atoms. The van der Waals surface area contributed by atoms with Crippen LogP contribution in [0.2, 0.25) is 0 Å². The highest BCUT2D eigenvalue weighted by Gasteiger charge is 2.12. The van der Waals surface area contributed by atoms with Crippen molar-refractivity contribution in [3.05, 3.63) is 10.3 Å². The summed E-state index contributed by atoms with van der Waals surface area (Å²) in [5.74, 6) is 0.00461. The van der Waals surface area contributed by atoms with Gasteiger partial charge in [-0.2, -0.15) is 4.80 Å². The normalized spacial score (nSPS) is 10.1. The number of nitrogens with zero attached hydrogens (tertiary/aromatic N) is 3. The topological polar surface area (TPSA) is 47.8 Å². The van der Waals surface area contributed by atoms with Crippen LogP contribution in [0.1, 0.15) is 23.8 Å². The third kappa shape index (κ3) is 1.65. The number of aryl methyl sites for hydroxylation is 1. The molecule has 0 bridgehead atoms. The predicted octanol–water partition coefficient (Wildman–Crippen LogP) is 1.17. The molecule has 4 nitrogen and oxygen atoms in total. The molecule has 1 rings (SSSR count). The molecule has 0 aromatic carbocycles. The summed E-state index contributed by atoms with van der Waals surface area (Å²) in [4.78, 5) is 12.5. The Balaban J connectivity index is 3.03. The lowest BCUT2D eigenvalue weighted by atomic mass is 10.2. The molecular formula is C6H8BrN3O. The van der Waals surface area contributed by atoms with Gasteiger partial charge in [-0.3, -0.25) is 4.79 Å². The van der Waals surface area contributed by atoms with Crippen LogP contribution in [0.15, 0.2) is 4.60 Å². The summed E-state index contributed by atoms with van der Waals surface area (Å²) in [5.41, 5.74) is 0.412. The molecular weight excluding hydrogens is 210 g/mol. The number of Topliss-reactive ketones (excluding diaryl/α,β-unsaturated/α-hetero) is 1. The maximum absolute atomic E-state index is 11.1. The molecule has 0 saturated heterocycles. The van der Waals surface area contributed by atoms with Gasteiger partial charge < -0.3 is 0 Å². The summed E-state index contributed by atoms with van der Waals surface area (Å²) in [6, 6.07) is 0. The average Bonchev–Trinajstić information content (AvgIpc) is 2.28. The number of carbonyl (C=O) groups is 1. The maximum Gasteiger partial charge on any atom is 0.185 e. The van der Waals surface area contributed by atoms with Crippen LogP contribution in [0.3, 0.4) is 0 Å². The number of halogens is 1. The van der Waals surface area contributed by atoms with Crippen LogP contribution in [-0.4, -0.2) is 20.8 Å². The van der Waals surface area contributed by atoms with Crippen LogP contribution < -0.4 is 0 Å². The first-order chi connectivity index (χ1) is 5.15. The fourth-order valence-electron chi connectivity index (χ4n) is 0.721. The Hall–Kier alpha value is -0.710. The largest absolute Gasteiger partial charge is 0.292 e. The first-order valence-corrected chi connectivity index (χ1v) is 4.04. The van der Waals surface area contributed by atoms with E-state index in [9.17, 15) is 4.79 Å². The molecule has 1 aromatic heterocycles. The summed E-state index contributed by atoms with van der Waals surface area (Å²) in [7, 11) is 1.68. The molecule has 1 aromatic rings. The number of rotatable bonds is 2. The number of aromatic nitrogens is 3. The lowest BCUT2D eigenvalue weighted by Gasteiger charge is -1.87. The Morgan fingerprint density at radius 2 is 2.27 bits per heavy atom. The van der Waals surface area contributed by atoms with E-state index in [-0.39, 0.29) is 5.78 Å². The second kappa shape index (κ2) is 3.13. The van der Waals surface area contributed by atoms with Gasteiger partial charge in [-0.05, 0) is 15.9 Å². The lowest BCUT2D eigenvalue weighted by molar-refractivity contribution is 0.0982. The highest BCUT2D eigenvalue weighted by molar-refractivity contribution is 9.10. The summed E-state index contributed by atoms with van der Waals surface area (Å²) >= 11 is 3.14. The van der Waals surface area contributed by atoms with Gasteiger partial charge in [0.25, 0.3) is 0 Å². The third-order valence-electron chi connectivity index (χ3n) is 1.26. The number of hydrogen-bond acceptors (Lipinski definition) is 3. The first-order valence-electron chi connectivity index (χ1n) is 3.25. The number of ketones is 1. The average molecular weight is 218 g/mol. The Bertz CT molecular complexity index is 281. The molecule has 0 saturated carbocycles. The Morgan fingerprint density at radius 1 is 1.64 bits per heavy atom. The van der Waals surface area contributed by atoms with Crippen molar-refractivity contribution in [1.82, 2.24) is 15.0 Å². The van der Waals surface area contributed by atoms with Crippen molar-refractivity contribution in [1.29, 1.82) is 0 Å². The molecule has 5 heteroatoms. The molecule has 1 heterocycles. The van der Waals surface area contributed by atoms with Gasteiger partial charge in [0, 0.05) is 13.5 Å². The standard InChI is InChI=1S/C6H8BrN3O/c1-3-4(11)5-6(7)9-10(2)8-5/h3H2,1-2H3. The van der Waals surface area contributed by atoms with E-state index in [4.69, 9.17) is 0 Å². The van der Waals surface area contributed by atoms with Crippen LogP contribution in [0.4, 0.5) is 0 Å². The van der Waals surface area contributed by atoms with Crippen LogP contribution in [0.25, 0.3) is 0 Å². The molecule has 0 amide bonds. The number of carbonyl (C=O) groups excluding carboxylic acids is 1. The van der Waals surface area contributed by atoms with Crippen molar-refractivity contribution in [3.8, 4) is 0 Å². The van der Waals surface area contributed by atoms with Gasteiger partial charge in [-0.25, -0.2) is 0 Å². The van der Waals surface area contributed by atoms with E-state index in [1.54, 1.807) is 14.0 Å². The Morgan fingerprint density at radius 3 is 2.64 bits per heavy atom. The van der Waals surface area contributed by atoms with Gasteiger partial charge in [0.2, 0.25) is 0 Å². The van der Waals surface area contributed by atoms with Crippen molar-refractivity contribution >= 4 is 21.7 Å². The third-order valence-corrected chi connectivity index (χ3v) is 1.79. The van der Waals surface area contributed by atoms with Crippen molar-refractivity contribution in [2.45, 2.75) is 13.3 Å². The summed E-state index contributed by atoms with van der Waals surface area (Å²) in [6.45, 7) is 1.80. The van der Waals surface area contributed by atoms with Gasteiger partial charge in [-0.1, -0.05) is 6.92 Å². The van der Waals surface area contributed by atoms with Gasteiger partial charge >= 0.3 is 0 Å². The van der Waals surface area contributed by atoms with E-state index in [0.717, 1.165) is 0 Å². The van der Waals surface area contributed by atoms with Gasteiger partial charge in [0.1, 0.15) is 0 Å². The van der Waals surface area contributed by atoms with Gasteiger partial charge in [0.05, 0.1) is 0 Å². The summed E-state index contributed by atoms with van der Waals surface area (Å²) in [6.07, 6.45) is 0.456. The zero-order chi connectivity index (χ0) is 8.43. The van der Waals surface area contributed by atoms with E-state index >= 15 is 0 Å². The van der Waals surface area contributed by atoms with Crippen LogP contribution in [-0.2, 0) is 7.05 Å². The monoisotopic (exact) mass is 217 g/mol. The SMILES string of the molecule is CCC(=O)c1nn(C)nc1Br. The quantitative estimate of drug-likeness (QED) is 0.700. The summed E-state index contributed by atoms with van der Waals surface area (Å²) < 4.78 is 0.520. The second-order valence-corrected chi connectivity index (χ2v) is 2.86. The second-order valence-electron chi connectivity index (χ2n) is 2.11. The highest BCUT2D eigenvalue weighted by atomic mass is 79.9. The van der Waals surface area contributed by atoms with E-state index in [2.05, 4.69) is 26.1 Å². The van der Waals surface area contributed by atoms with E-state index < -0.39 is 0 Å². The van der Waals surface area contributed by atoms with Crippen molar-refractivity contribution in [3.63, 3.8) is 0 Å². The minimum absolute atomic E-state index is 0.00461. The fraction of sp³-hybridized carbons (Fsp3) is 0.500.